The summed E-state index contributed by atoms with van der Waals surface area (Å²) in [6.45, 7) is 7.42. The number of hydrogen-bond donors (Lipinski definition) is 1. The number of hydrogen-bond acceptors (Lipinski definition) is 5. The average molecular weight is 305 g/mol. The zero-order valence-corrected chi connectivity index (χ0v) is 13.6. The number of imidazole rings is 1. The van der Waals surface area contributed by atoms with Crippen LogP contribution in [0.1, 0.15) is 33.6 Å². The first-order chi connectivity index (χ1) is 10.4. The topological polar surface area (TPSA) is 74.0 Å². The van der Waals surface area contributed by atoms with Gasteiger partial charge in [-0.2, -0.15) is 5.10 Å². The van der Waals surface area contributed by atoms with Crippen LogP contribution in [0, 0.1) is 0 Å². The zero-order chi connectivity index (χ0) is 15.9. The van der Waals surface area contributed by atoms with Crippen molar-refractivity contribution >= 4 is 17.0 Å². The standard InChI is InChI=1S/C15H23N5O2/c1-15(2,3)20-13(21)12-11(9-16-20)18-14(19(12)4)17-10-5-7-22-8-6-10/h9-10H,5-8H2,1-4H3,(H,17,18). The largest absolute Gasteiger partial charge is 0.381 e. The first-order valence-electron chi connectivity index (χ1n) is 7.67. The van der Waals surface area contributed by atoms with Crippen molar-refractivity contribution < 1.29 is 4.74 Å². The molecule has 0 aliphatic carbocycles. The van der Waals surface area contributed by atoms with E-state index in [0.29, 0.717) is 23.0 Å². The maximum Gasteiger partial charge on any atom is 0.293 e. The van der Waals surface area contributed by atoms with E-state index in [9.17, 15) is 4.79 Å². The zero-order valence-electron chi connectivity index (χ0n) is 13.6. The van der Waals surface area contributed by atoms with Crippen molar-refractivity contribution in [3.63, 3.8) is 0 Å². The minimum atomic E-state index is -0.357. The molecule has 1 saturated heterocycles. The molecule has 1 aliphatic rings. The lowest BCUT2D eigenvalue weighted by Crippen LogP contribution is -2.36. The van der Waals surface area contributed by atoms with E-state index in [0.717, 1.165) is 26.1 Å². The highest BCUT2D eigenvalue weighted by Crippen LogP contribution is 2.19. The van der Waals surface area contributed by atoms with Gasteiger partial charge in [0, 0.05) is 26.3 Å². The van der Waals surface area contributed by atoms with Crippen LogP contribution in [0.5, 0.6) is 0 Å². The summed E-state index contributed by atoms with van der Waals surface area (Å²) in [5.74, 6) is 0.715. The highest BCUT2D eigenvalue weighted by molar-refractivity contribution is 5.76. The van der Waals surface area contributed by atoms with Gasteiger partial charge in [-0.1, -0.05) is 0 Å². The number of aryl methyl sites for hydroxylation is 1. The first kappa shape index (κ1) is 15.0. The van der Waals surface area contributed by atoms with E-state index in [-0.39, 0.29) is 11.1 Å². The van der Waals surface area contributed by atoms with Gasteiger partial charge in [0.2, 0.25) is 5.95 Å². The molecule has 0 saturated carbocycles. The highest BCUT2D eigenvalue weighted by atomic mass is 16.5. The van der Waals surface area contributed by atoms with Gasteiger partial charge in [-0.25, -0.2) is 9.67 Å². The van der Waals surface area contributed by atoms with Crippen molar-refractivity contribution in [3.05, 3.63) is 16.6 Å². The smallest absolute Gasteiger partial charge is 0.293 e. The van der Waals surface area contributed by atoms with Crippen LogP contribution in [0.2, 0.25) is 0 Å². The molecule has 0 amide bonds. The van der Waals surface area contributed by atoms with E-state index >= 15 is 0 Å². The molecule has 7 heteroatoms. The van der Waals surface area contributed by atoms with Gasteiger partial charge in [0.05, 0.1) is 11.7 Å². The van der Waals surface area contributed by atoms with E-state index < -0.39 is 0 Å². The van der Waals surface area contributed by atoms with Crippen LogP contribution in [-0.2, 0) is 17.3 Å². The second-order valence-electron chi connectivity index (χ2n) is 6.79. The Labute approximate surface area is 129 Å². The third-order valence-electron chi connectivity index (χ3n) is 4.00. The number of aromatic nitrogens is 4. The van der Waals surface area contributed by atoms with Crippen molar-refractivity contribution in [2.45, 2.75) is 45.2 Å². The van der Waals surface area contributed by atoms with E-state index in [4.69, 9.17) is 4.74 Å². The monoisotopic (exact) mass is 305 g/mol. The summed E-state index contributed by atoms with van der Waals surface area (Å²) in [5, 5.41) is 7.68. The van der Waals surface area contributed by atoms with Crippen molar-refractivity contribution in [2.75, 3.05) is 18.5 Å². The average Bonchev–Trinajstić information content (AvgIpc) is 2.76. The molecule has 0 unspecified atom stereocenters. The molecule has 1 N–H and O–H groups in total. The Kier molecular flexibility index (Phi) is 3.68. The van der Waals surface area contributed by atoms with Crippen molar-refractivity contribution in [2.24, 2.45) is 7.05 Å². The number of rotatable bonds is 2. The second-order valence-corrected chi connectivity index (χ2v) is 6.79. The maximum atomic E-state index is 12.7. The number of ether oxygens (including phenoxy) is 1. The molecule has 0 aromatic carbocycles. The Morgan fingerprint density at radius 1 is 1.32 bits per heavy atom. The van der Waals surface area contributed by atoms with Crippen LogP contribution >= 0.6 is 0 Å². The van der Waals surface area contributed by atoms with Gasteiger partial charge >= 0.3 is 0 Å². The third kappa shape index (κ3) is 2.61. The van der Waals surface area contributed by atoms with Gasteiger partial charge in [-0.15, -0.1) is 0 Å². The third-order valence-corrected chi connectivity index (χ3v) is 4.00. The molecule has 3 rings (SSSR count). The van der Waals surface area contributed by atoms with E-state index in [1.54, 1.807) is 6.20 Å². The number of anilines is 1. The Bertz CT molecular complexity index is 735. The minimum Gasteiger partial charge on any atom is -0.381 e. The molecule has 1 fully saturated rings. The van der Waals surface area contributed by atoms with Crippen molar-refractivity contribution in [1.82, 2.24) is 19.3 Å². The summed E-state index contributed by atoms with van der Waals surface area (Å²) in [6.07, 6.45) is 3.57. The summed E-state index contributed by atoms with van der Waals surface area (Å²) < 4.78 is 8.71. The van der Waals surface area contributed by atoms with Gasteiger partial charge in [0.25, 0.3) is 5.56 Å². The molecule has 7 nitrogen and oxygen atoms in total. The summed E-state index contributed by atoms with van der Waals surface area (Å²) in [5.41, 5.74) is 0.742. The SMILES string of the molecule is Cn1c(NC2CCOCC2)nc2cnn(C(C)(C)C)c(=O)c21. The Hall–Kier alpha value is -1.89. The molecule has 1 aliphatic heterocycles. The lowest BCUT2D eigenvalue weighted by molar-refractivity contribution is 0.0902. The van der Waals surface area contributed by atoms with Crippen molar-refractivity contribution in [1.29, 1.82) is 0 Å². The van der Waals surface area contributed by atoms with Gasteiger partial charge in [-0.05, 0) is 33.6 Å². The Morgan fingerprint density at radius 2 is 2.00 bits per heavy atom. The van der Waals surface area contributed by atoms with Crippen molar-refractivity contribution in [3.8, 4) is 0 Å². The van der Waals surface area contributed by atoms with Crippen LogP contribution in [0.15, 0.2) is 11.0 Å². The second kappa shape index (κ2) is 5.39. The maximum absolute atomic E-state index is 12.7. The lowest BCUT2D eigenvalue weighted by atomic mass is 10.1. The minimum absolute atomic E-state index is 0.111. The fourth-order valence-electron chi connectivity index (χ4n) is 2.76. The summed E-state index contributed by atoms with van der Waals surface area (Å²) in [6, 6.07) is 0.335. The molecular formula is C15H23N5O2. The molecule has 2 aromatic heterocycles. The molecule has 2 aromatic rings. The Morgan fingerprint density at radius 3 is 2.64 bits per heavy atom. The summed E-state index contributed by atoms with van der Waals surface area (Å²) in [7, 11) is 1.87. The van der Waals surface area contributed by atoms with E-state index in [1.807, 2.05) is 32.4 Å². The van der Waals surface area contributed by atoms with Crippen LogP contribution in [0.25, 0.3) is 11.0 Å². The van der Waals surface area contributed by atoms with Gasteiger partial charge in [0.1, 0.15) is 11.0 Å². The molecule has 120 valence electrons. The molecular weight excluding hydrogens is 282 g/mol. The molecule has 0 bridgehead atoms. The van der Waals surface area contributed by atoms with E-state index in [1.165, 1.54) is 4.68 Å². The lowest BCUT2D eigenvalue weighted by Gasteiger charge is -2.23. The fraction of sp³-hybridized carbons (Fsp3) is 0.667. The molecule has 22 heavy (non-hydrogen) atoms. The predicted octanol–water partition coefficient (Wildman–Crippen LogP) is 1.48. The quantitative estimate of drug-likeness (QED) is 0.909. The molecule has 0 atom stereocenters. The Balaban J connectivity index is 2.02. The van der Waals surface area contributed by atoms with Gasteiger partial charge in [0.15, 0.2) is 0 Å². The van der Waals surface area contributed by atoms with Crippen LogP contribution < -0.4 is 10.9 Å². The normalized spacial score (nSPS) is 17.1. The summed E-state index contributed by atoms with van der Waals surface area (Å²) in [4.78, 5) is 17.2. The first-order valence-corrected chi connectivity index (χ1v) is 7.67. The fourth-order valence-corrected chi connectivity index (χ4v) is 2.76. The van der Waals surface area contributed by atoms with Gasteiger partial charge in [-0.3, -0.25) is 4.79 Å². The van der Waals surface area contributed by atoms with Crippen LogP contribution in [-0.4, -0.2) is 38.6 Å². The number of fused-ring (bicyclic) bond motifs is 1. The van der Waals surface area contributed by atoms with Gasteiger partial charge < -0.3 is 14.6 Å². The predicted molar refractivity (Wildman–Crippen MR) is 85.2 cm³/mol. The molecule has 3 heterocycles. The molecule has 0 radical (unpaired) electrons. The summed E-state index contributed by atoms with van der Waals surface area (Å²) >= 11 is 0. The molecule has 0 spiro atoms. The highest BCUT2D eigenvalue weighted by Gasteiger charge is 2.22. The van der Waals surface area contributed by atoms with Crippen LogP contribution in [0.4, 0.5) is 5.95 Å². The number of nitrogens with zero attached hydrogens (tertiary/aromatic N) is 4. The number of nitrogens with one attached hydrogen (secondary N) is 1. The van der Waals surface area contributed by atoms with Crippen LogP contribution in [0.3, 0.4) is 0 Å². The van der Waals surface area contributed by atoms with E-state index in [2.05, 4.69) is 15.4 Å².